The molecule has 0 fully saturated rings. The molecule has 0 radical (unpaired) electrons. The molecular formula is C10H21N3O4. The van der Waals surface area contributed by atoms with Crippen LogP contribution in [0.4, 0.5) is 4.79 Å². The first-order valence-corrected chi connectivity index (χ1v) is 5.38. The monoisotopic (exact) mass is 247 g/mol. The molecule has 0 aromatic carbocycles. The van der Waals surface area contributed by atoms with Crippen molar-refractivity contribution in [2.75, 3.05) is 40.8 Å². The number of aliphatic hydroxyl groups excluding tert-OH is 1. The molecule has 0 aromatic rings. The minimum atomic E-state index is -1.14. The fraction of sp³-hybridized carbons (Fsp3) is 0.800. The summed E-state index contributed by atoms with van der Waals surface area (Å²) in [5.74, 6) is -1.14. The van der Waals surface area contributed by atoms with Gasteiger partial charge in [0.25, 0.3) is 0 Å². The summed E-state index contributed by atoms with van der Waals surface area (Å²) in [6, 6.07) is -1.50. The second kappa shape index (κ2) is 7.86. The highest BCUT2D eigenvalue weighted by atomic mass is 16.4. The normalized spacial score (nSPS) is 12.3. The van der Waals surface area contributed by atoms with Crippen LogP contribution >= 0.6 is 0 Å². The van der Waals surface area contributed by atoms with Crippen LogP contribution in [0.25, 0.3) is 0 Å². The van der Waals surface area contributed by atoms with Gasteiger partial charge in [-0.1, -0.05) is 0 Å². The number of carbonyl (C=O) groups is 2. The van der Waals surface area contributed by atoms with E-state index in [1.54, 1.807) is 7.05 Å². The number of carbonyl (C=O) groups excluding carboxylic acids is 1. The minimum Gasteiger partial charge on any atom is -0.480 e. The zero-order chi connectivity index (χ0) is 13.4. The molecule has 7 nitrogen and oxygen atoms in total. The summed E-state index contributed by atoms with van der Waals surface area (Å²) in [7, 11) is 5.37. The maximum Gasteiger partial charge on any atom is 0.326 e. The summed E-state index contributed by atoms with van der Waals surface area (Å²) in [5.41, 5.74) is 0. The van der Waals surface area contributed by atoms with Crippen LogP contribution in [-0.4, -0.2) is 78.9 Å². The van der Waals surface area contributed by atoms with Crippen LogP contribution in [0.3, 0.4) is 0 Å². The quantitative estimate of drug-likeness (QED) is 0.538. The van der Waals surface area contributed by atoms with Gasteiger partial charge in [-0.15, -0.1) is 0 Å². The molecule has 0 spiro atoms. The van der Waals surface area contributed by atoms with Crippen LogP contribution in [0.15, 0.2) is 0 Å². The molecule has 0 saturated carbocycles. The molecule has 0 saturated heterocycles. The highest BCUT2D eigenvalue weighted by Gasteiger charge is 2.20. The summed E-state index contributed by atoms with van der Waals surface area (Å²) in [5, 5.41) is 19.8. The van der Waals surface area contributed by atoms with Gasteiger partial charge in [0.1, 0.15) is 6.04 Å². The van der Waals surface area contributed by atoms with Gasteiger partial charge in [-0.05, 0) is 14.1 Å². The van der Waals surface area contributed by atoms with Gasteiger partial charge in [-0.2, -0.15) is 0 Å². The number of carboxylic acids is 1. The Morgan fingerprint density at radius 2 is 1.82 bits per heavy atom. The van der Waals surface area contributed by atoms with E-state index in [0.29, 0.717) is 13.1 Å². The number of nitrogens with zero attached hydrogens (tertiary/aromatic N) is 2. The molecule has 3 N–H and O–H groups in total. The molecule has 17 heavy (non-hydrogen) atoms. The van der Waals surface area contributed by atoms with E-state index in [4.69, 9.17) is 10.2 Å². The molecule has 0 bridgehead atoms. The second-order valence-corrected chi connectivity index (χ2v) is 4.08. The van der Waals surface area contributed by atoms with Crippen LogP contribution in [0.2, 0.25) is 0 Å². The Morgan fingerprint density at radius 1 is 1.24 bits per heavy atom. The highest BCUT2D eigenvalue weighted by molar-refractivity contribution is 5.82. The van der Waals surface area contributed by atoms with Crippen molar-refractivity contribution >= 4 is 12.0 Å². The van der Waals surface area contributed by atoms with Gasteiger partial charge in [0.05, 0.1) is 0 Å². The van der Waals surface area contributed by atoms with Crippen molar-refractivity contribution in [1.82, 2.24) is 15.1 Å². The van der Waals surface area contributed by atoms with E-state index < -0.39 is 18.0 Å². The molecule has 0 rings (SSSR count). The van der Waals surface area contributed by atoms with Gasteiger partial charge in [0, 0.05) is 33.2 Å². The molecule has 0 aromatic heterocycles. The molecular weight excluding hydrogens is 226 g/mol. The molecule has 100 valence electrons. The van der Waals surface area contributed by atoms with E-state index in [0.717, 1.165) is 0 Å². The Labute approximate surface area is 101 Å². The van der Waals surface area contributed by atoms with Crippen LogP contribution in [0, 0.1) is 0 Å². The van der Waals surface area contributed by atoms with Gasteiger partial charge in [0.15, 0.2) is 0 Å². The van der Waals surface area contributed by atoms with E-state index in [1.807, 2.05) is 19.0 Å². The third kappa shape index (κ3) is 6.75. The first-order chi connectivity index (χ1) is 7.88. The average Bonchev–Trinajstić information content (AvgIpc) is 2.24. The lowest BCUT2D eigenvalue weighted by Crippen LogP contribution is -2.48. The SMILES string of the molecule is CN(C)CCN(C)C(=O)NC(CCO)C(=O)O. The second-order valence-electron chi connectivity index (χ2n) is 4.08. The number of nitrogens with one attached hydrogen (secondary N) is 1. The number of amides is 2. The molecule has 1 unspecified atom stereocenters. The van der Waals surface area contributed by atoms with E-state index in [1.165, 1.54) is 4.90 Å². The van der Waals surface area contributed by atoms with E-state index in [-0.39, 0.29) is 13.0 Å². The fourth-order valence-corrected chi connectivity index (χ4v) is 1.10. The van der Waals surface area contributed by atoms with E-state index in [9.17, 15) is 9.59 Å². The van der Waals surface area contributed by atoms with Crippen molar-refractivity contribution in [1.29, 1.82) is 0 Å². The molecule has 0 heterocycles. The van der Waals surface area contributed by atoms with Gasteiger partial charge in [-0.25, -0.2) is 9.59 Å². The van der Waals surface area contributed by atoms with Crippen LogP contribution in [0.5, 0.6) is 0 Å². The number of urea groups is 1. The summed E-state index contributed by atoms with van der Waals surface area (Å²) >= 11 is 0. The number of hydrogen-bond acceptors (Lipinski definition) is 4. The molecule has 0 aliphatic carbocycles. The Kier molecular flexibility index (Phi) is 7.24. The Balaban J connectivity index is 4.15. The Hall–Kier alpha value is -1.34. The summed E-state index contributed by atoms with van der Waals surface area (Å²) in [4.78, 5) is 25.7. The van der Waals surface area contributed by atoms with Crippen molar-refractivity contribution in [3.63, 3.8) is 0 Å². The van der Waals surface area contributed by atoms with Gasteiger partial charge in [0.2, 0.25) is 0 Å². The van der Waals surface area contributed by atoms with E-state index in [2.05, 4.69) is 5.32 Å². The summed E-state index contributed by atoms with van der Waals surface area (Å²) in [6.45, 7) is 0.921. The molecule has 0 aliphatic heterocycles. The number of rotatable bonds is 7. The van der Waals surface area contributed by atoms with Crippen molar-refractivity contribution < 1.29 is 19.8 Å². The molecule has 7 heteroatoms. The zero-order valence-electron chi connectivity index (χ0n) is 10.5. The van der Waals surface area contributed by atoms with Crippen molar-refractivity contribution in [2.45, 2.75) is 12.5 Å². The van der Waals surface area contributed by atoms with Gasteiger partial charge in [-0.3, -0.25) is 0 Å². The predicted molar refractivity (Wildman–Crippen MR) is 62.8 cm³/mol. The predicted octanol–water partition coefficient (Wildman–Crippen LogP) is -0.975. The maximum absolute atomic E-state index is 11.6. The lowest BCUT2D eigenvalue weighted by atomic mass is 10.2. The lowest BCUT2D eigenvalue weighted by molar-refractivity contribution is -0.139. The topological polar surface area (TPSA) is 93.1 Å². The van der Waals surface area contributed by atoms with Crippen LogP contribution < -0.4 is 5.32 Å². The van der Waals surface area contributed by atoms with Crippen molar-refractivity contribution in [3.8, 4) is 0 Å². The smallest absolute Gasteiger partial charge is 0.326 e. The average molecular weight is 247 g/mol. The van der Waals surface area contributed by atoms with Crippen LogP contribution in [0.1, 0.15) is 6.42 Å². The number of hydrogen-bond donors (Lipinski definition) is 3. The fourth-order valence-electron chi connectivity index (χ4n) is 1.10. The number of likely N-dealkylation sites (N-methyl/N-ethyl adjacent to an activating group) is 2. The summed E-state index contributed by atoms with van der Waals surface area (Å²) in [6.07, 6.45) is 0.00257. The first kappa shape index (κ1) is 15.7. The largest absolute Gasteiger partial charge is 0.480 e. The van der Waals surface area contributed by atoms with E-state index >= 15 is 0 Å². The lowest BCUT2D eigenvalue weighted by Gasteiger charge is -2.22. The highest BCUT2D eigenvalue weighted by Crippen LogP contribution is 1.94. The molecule has 1 atom stereocenters. The minimum absolute atomic E-state index is 0.00257. The first-order valence-electron chi connectivity index (χ1n) is 5.38. The third-order valence-corrected chi connectivity index (χ3v) is 2.24. The molecule has 0 aliphatic rings. The summed E-state index contributed by atoms with van der Waals surface area (Å²) < 4.78 is 0. The van der Waals surface area contributed by atoms with Crippen molar-refractivity contribution in [2.24, 2.45) is 0 Å². The number of aliphatic carboxylic acids is 1. The number of aliphatic hydroxyl groups is 1. The Morgan fingerprint density at radius 3 is 2.24 bits per heavy atom. The van der Waals surface area contributed by atoms with Gasteiger partial charge < -0.3 is 25.3 Å². The van der Waals surface area contributed by atoms with Gasteiger partial charge >= 0.3 is 12.0 Å². The third-order valence-electron chi connectivity index (χ3n) is 2.24. The zero-order valence-corrected chi connectivity index (χ0v) is 10.5. The Bertz CT molecular complexity index is 258. The van der Waals surface area contributed by atoms with Crippen LogP contribution in [-0.2, 0) is 4.79 Å². The van der Waals surface area contributed by atoms with Crippen molar-refractivity contribution in [3.05, 3.63) is 0 Å². The number of carboxylic acid groups (broad SMARTS) is 1. The standard InChI is InChI=1S/C10H21N3O4/c1-12(2)5-6-13(3)10(17)11-8(4-7-14)9(15)16/h8,14H,4-7H2,1-3H3,(H,11,17)(H,15,16). The molecule has 2 amide bonds. The maximum atomic E-state index is 11.6.